The van der Waals surface area contributed by atoms with Gasteiger partial charge in [-0.25, -0.2) is 4.98 Å². The van der Waals surface area contributed by atoms with E-state index in [0.717, 1.165) is 0 Å². The lowest BCUT2D eigenvalue weighted by Gasteiger charge is -2.01. The lowest BCUT2D eigenvalue weighted by Crippen LogP contribution is -1.97. The first-order chi connectivity index (χ1) is 7.58. The van der Waals surface area contributed by atoms with E-state index in [-0.39, 0.29) is 10.8 Å². The quantitative estimate of drug-likeness (QED) is 0.456. The third kappa shape index (κ3) is 1.87. The predicted octanol–water partition coefficient (Wildman–Crippen LogP) is 2.04. The number of rotatable bonds is 2. The Morgan fingerprint density at radius 3 is 2.81 bits per heavy atom. The van der Waals surface area contributed by atoms with Crippen LogP contribution in [-0.2, 0) is 7.05 Å². The molecule has 6 nitrogen and oxygen atoms in total. The summed E-state index contributed by atoms with van der Waals surface area (Å²) in [5.74, 6) is 0. The second-order valence-corrected chi connectivity index (χ2v) is 3.52. The minimum atomic E-state index is -0.507. The van der Waals surface area contributed by atoms with Gasteiger partial charge in [-0.15, -0.1) is 0 Å². The molecule has 0 aliphatic rings. The van der Waals surface area contributed by atoms with E-state index in [1.54, 1.807) is 24.0 Å². The molecular weight excluding hydrogens is 232 g/mol. The third-order valence-electron chi connectivity index (χ3n) is 2.07. The molecule has 2 rings (SSSR count). The van der Waals surface area contributed by atoms with Gasteiger partial charge in [0.1, 0.15) is 5.15 Å². The Bertz CT molecular complexity index is 552. The van der Waals surface area contributed by atoms with Crippen molar-refractivity contribution < 1.29 is 4.92 Å². The molecule has 0 saturated carbocycles. The average molecular weight is 239 g/mol. The lowest BCUT2D eigenvalue weighted by atomic mass is 10.2. The van der Waals surface area contributed by atoms with E-state index in [1.807, 2.05) is 0 Å². The van der Waals surface area contributed by atoms with Gasteiger partial charge in [-0.1, -0.05) is 11.6 Å². The normalized spacial score (nSPS) is 10.4. The van der Waals surface area contributed by atoms with Gasteiger partial charge in [0.15, 0.2) is 0 Å². The first-order valence-corrected chi connectivity index (χ1v) is 4.76. The van der Waals surface area contributed by atoms with Crippen LogP contribution in [0.3, 0.4) is 0 Å². The highest BCUT2D eigenvalue weighted by Crippen LogP contribution is 2.24. The molecule has 0 aromatic carbocycles. The van der Waals surface area contributed by atoms with Crippen molar-refractivity contribution in [2.24, 2.45) is 7.05 Å². The second-order valence-electron chi connectivity index (χ2n) is 3.13. The van der Waals surface area contributed by atoms with Crippen LogP contribution in [0.15, 0.2) is 24.4 Å². The van der Waals surface area contributed by atoms with Crippen molar-refractivity contribution in [3.8, 4) is 11.4 Å². The van der Waals surface area contributed by atoms with Crippen LogP contribution in [-0.4, -0.2) is 19.7 Å². The Morgan fingerprint density at radius 2 is 2.25 bits per heavy atom. The molecule has 16 heavy (non-hydrogen) atoms. The molecule has 0 bridgehead atoms. The first-order valence-electron chi connectivity index (χ1n) is 4.38. The van der Waals surface area contributed by atoms with Gasteiger partial charge in [-0.05, 0) is 6.07 Å². The summed E-state index contributed by atoms with van der Waals surface area (Å²) in [6.07, 6.45) is 1.59. The highest BCUT2D eigenvalue weighted by molar-refractivity contribution is 6.29. The molecule has 0 saturated heterocycles. The van der Waals surface area contributed by atoms with Crippen LogP contribution in [0.1, 0.15) is 0 Å². The number of nitro groups is 1. The molecule has 0 fully saturated rings. The summed E-state index contributed by atoms with van der Waals surface area (Å²) < 4.78 is 1.57. The zero-order chi connectivity index (χ0) is 11.7. The number of aromatic nitrogens is 3. The standard InChI is InChI=1S/C9H7ClN4O2/c1-13-8(2-3-11-13)7-4-6(14(15)16)5-9(10)12-7/h2-5H,1H3. The van der Waals surface area contributed by atoms with Gasteiger partial charge < -0.3 is 0 Å². The van der Waals surface area contributed by atoms with Gasteiger partial charge in [0.05, 0.1) is 22.4 Å². The van der Waals surface area contributed by atoms with E-state index in [0.29, 0.717) is 11.4 Å². The third-order valence-corrected chi connectivity index (χ3v) is 2.27. The molecule has 0 atom stereocenters. The number of pyridine rings is 1. The lowest BCUT2D eigenvalue weighted by molar-refractivity contribution is -0.384. The molecule has 2 aromatic heterocycles. The molecule has 0 aliphatic carbocycles. The molecule has 2 aromatic rings. The van der Waals surface area contributed by atoms with Gasteiger partial charge in [0.2, 0.25) is 0 Å². The van der Waals surface area contributed by atoms with Crippen molar-refractivity contribution in [3.63, 3.8) is 0 Å². The fraction of sp³-hybridized carbons (Fsp3) is 0.111. The topological polar surface area (TPSA) is 73.8 Å². The highest BCUT2D eigenvalue weighted by atomic mass is 35.5. The molecule has 7 heteroatoms. The number of hydrogen-bond donors (Lipinski definition) is 0. The molecule has 0 amide bonds. The van der Waals surface area contributed by atoms with E-state index in [9.17, 15) is 10.1 Å². The largest absolute Gasteiger partial charge is 0.274 e. The fourth-order valence-electron chi connectivity index (χ4n) is 1.35. The van der Waals surface area contributed by atoms with Crippen molar-refractivity contribution in [2.45, 2.75) is 0 Å². The van der Waals surface area contributed by atoms with Gasteiger partial charge in [0, 0.05) is 19.3 Å². The van der Waals surface area contributed by atoms with E-state index < -0.39 is 4.92 Å². The van der Waals surface area contributed by atoms with Crippen molar-refractivity contribution >= 4 is 17.3 Å². The average Bonchev–Trinajstić information content (AvgIpc) is 2.63. The van der Waals surface area contributed by atoms with Crippen molar-refractivity contribution in [3.05, 3.63) is 39.7 Å². The number of aryl methyl sites for hydroxylation is 1. The van der Waals surface area contributed by atoms with Crippen LogP contribution in [0, 0.1) is 10.1 Å². The molecule has 0 N–H and O–H groups in total. The summed E-state index contributed by atoms with van der Waals surface area (Å²) in [5, 5.41) is 14.7. The zero-order valence-corrected chi connectivity index (χ0v) is 9.05. The van der Waals surface area contributed by atoms with Crippen LogP contribution in [0.25, 0.3) is 11.4 Å². The summed E-state index contributed by atoms with van der Waals surface area (Å²) in [4.78, 5) is 14.2. The van der Waals surface area contributed by atoms with E-state index in [1.165, 1.54) is 12.1 Å². The Labute approximate surface area is 95.6 Å². The van der Waals surface area contributed by atoms with Crippen molar-refractivity contribution in [1.29, 1.82) is 0 Å². The van der Waals surface area contributed by atoms with Crippen molar-refractivity contribution in [1.82, 2.24) is 14.8 Å². The summed E-state index contributed by atoms with van der Waals surface area (Å²) in [6, 6.07) is 4.28. The Balaban J connectivity index is 2.58. The van der Waals surface area contributed by atoms with Gasteiger partial charge >= 0.3 is 0 Å². The first kappa shape index (κ1) is 10.6. The van der Waals surface area contributed by atoms with E-state index in [4.69, 9.17) is 11.6 Å². The minimum Gasteiger partial charge on any atom is -0.266 e. The van der Waals surface area contributed by atoms with Gasteiger partial charge in [-0.3, -0.25) is 14.8 Å². The summed E-state index contributed by atoms with van der Waals surface area (Å²) >= 11 is 5.72. The summed E-state index contributed by atoms with van der Waals surface area (Å²) in [6.45, 7) is 0. The second kappa shape index (κ2) is 3.90. The molecule has 2 heterocycles. The molecule has 0 unspecified atom stereocenters. The van der Waals surface area contributed by atoms with Gasteiger partial charge in [-0.2, -0.15) is 5.10 Å². The monoisotopic (exact) mass is 238 g/mol. The van der Waals surface area contributed by atoms with Crippen LogP contribution >= 0.6 is 11.6 Å². The maximum atomic E-state index is 10.7. The SMILES string of the molecule is Cn1nccc1-c1cc([N+](=O)[O-])cc(Cl)n1. The summed E-state index contributed by atoms with van der Waals surface area (Å²) in [7, 11) is 1.73. The highest BCUT2D eigenvalue weighted by Gasteiger charge is 2.13. The molecule has 0 spiro atoms. The smallest absolute Gasteiger partial charge is 0.266 e. The maximum absolute atomic E-state index is 10.7. The van der Waals surface area contributed by atoms with Gasteiger partial charge in [0.25, 0.3) is 5.69 Å². The van der Waals surface area contributed by atoms with Crippen LogP contribution in [0.2, 0.25) is 5.15 Å². The maximum Gasteiger partial charge on any atom is 0.274 e. The van der Waals surface area contributed by atoms with E-state index >= 15 is 0 Å². The molecule has 0 radical (unpaired) electrons. The Hall–Kier alpha value is -1.95. The van der Waals surface area contributed by atoms with Crippen LogP contribution in [0.4, 0.5) is 5.69 Å². The zero-order valence-electron chi connectivity index (χ0n) is 8.29. The number of hydrogen-bond acceptors (Lipinski definition) is 4. The Morgan fingerprint density at radius 1 is 1.50 bits per heavy atom. The molecular formula is C9H7ClN4O2. The molecule has 0 aliphatic heterocycles. The van der Waals surface area contributed by atoms with Crippen molar-refractivity contribution in [2.75, 3.05) is 0 Å². The van der Waals surface area contributed by atoms with Crippen LogP contribution < -0.4 is 0 Å². The van der Waals surface area contributed by atoms with E-state index in [2.05, 4.69) is 10.1 Å². The molecule has 82 valence electrons. The summed E-state index contributed by atoms with van der Waals surface area (Å²) in [5.41, 5.74) is 1.01. The van der Waals surface area contributed by atoms with Crippen LogP contribution in [0.5, 0.6) is 0 Å². The minimum absolute atomic E-state index is 0.0869. The predicted molar refractivity (Wildman–Crippen MR) is 58.1 cm³/mol. The Kier molecular flexibility index (Phi) is 2.57. The number of nitrogens with zero attached hydrogens (tertiary/aromatic N) is 4. The fourth-order valence-corrected chi connectivity index (χ4v) is 1.55. The number of halogens is 1.